The summed E-state index contributed by atoms with van der Waals surface area (Å²) in [7, 11) is 0. The summed E-state index contributed by atoms with van der Waals surface area (Å²) in [5, 5.41) is 0. The first-order valence-electron chi connectivity index (χ1n) is 6.46. The van der Waals surface area contributed by atoms with Gasteiger partial charge in [-0.05, 0) is 31.4 Å². The molecule has 5 heteroatoms. The molecule has 2 nitrogen and oxygen atoms in total. The fourth-order valence-corrected chi connectivity index (χ4v) is 2.45. The Morgan fingerprint density at radius 2 is 2.05 bits per heavy atom. The van der Waals surface area contributed by atoms with Crippen LogP contribution in [0.15, 0.2) is 24.3 Å². The summed E-state index contributed by atoms with van der Waals surface area (Å²) in [5.74, 6) is 0. The maximum atomic E-state index is 12.0. The van der Waals surface area contributed by atoms with E-state index < -0.39 is 12.8 Å². The second-order valence-electron chi connectivity index (χ2n) is 4.88. The van der Waals surface area contributed by atoms with Crippen LogP contribution in [0.4, 0.5) is 18.9 Å². The maximum Gasteiger partial charge on any atom is 0.411 e. The molecule has 0 spiro atoms. The number of hydrogen-bond acceptors (Lipinski definition) is 2. The van der Waals surface area contributed by atoms with Crippen LogP contribution in [-0.2, 0) is 11.2 Å². The first-order valence-corrected chi connectivity index (χ1v) is 6.46. The van der Waals surface area contributed by atoms with Crippen LogP contribution in [0.2, 0.25) is 0 Å². The number of anilines is 1. The van der Waals surface area contributed by atoms with Gasteiger partial charge in [0.05, 0.1) is 6.61 Å². The minimum Gasteiger partial charge on any atom is -0.370 e. The Morgan fingerprint density at radius 3 is 2.79 bits per heavy atom. The molecule has 0 fully saturated rings. The Kier molecular flexibility index (Phi) is 4.34. The number of hydrogen-bond donors (Lipinski definition) is 0. The maximum absolute atomic E-state index is 12.0. The average Bonchev–Trinajstić information content (AvgIpc) is 2.35. The number of aryl methyl sites for hydroxylation is 1. The van der Waals surface area contributed by atoms with Crippen molar-refractivity contribution in [2.75, 3.05) is 24.7 Å². The summed E-state index contributed by atoms with van der Waals surface area (Å²) in [6.45, 7) is 1.52. The Morgan fingerprint density at radius 1 is 1.32 bits per heavy atom. The van der Waals surface area contributed by atoms with Gasteiger partial charge in [-0.3, -0.25) is 0 Å². The molecule has 2 rings (SSSR count). The van der Waals surface area contributed by atoms with Crippen molar-refractivity contribution in [2.24, 2.45) is 0 Å². The molecular formula is C14H18F3NO. The lowest BCUT2D eigenvalue weighted by atomic mass is 9.97. The third kappa shape index (κ3) is 3.86. The van der Waals surface area contributed by atoms with Gasteiger partial charge in [-0.1, -0.05) is 18.2 Å². The minimum atomic E-state index is -4.24. The molecule has 1 aliphatic heterocycles. The monoisotopic (exact) mass is 273 g/mol. The molecule has 106 valence electrons. The normalized spacial score (nSPS) is 19.4. The summed E-state index contributed by atoms with van der Waals surface area (Å²) in [6.07, 6.45) is -2.20. The van der Waals surface area contributed by atoms with Crippen molar-refractivity contribution in [3.8, 4) is 0 Å². The molecule has 0 aromatic heterocycles. The molecule has 0 radical (unpaired) electrons. The van der Waals surface area contributed by atoms with Gasteiger partial charge in [0.15, 0.2) is 0 Å². The van der Waals surface area contributed by atoms with Crippen molar-refractivity contribution in [2.45, 2.75) is 32.0 Å². The van der Waals surface area contributed by atoms with Crippen molar-refractivity contribution < 1.29 is 17.9 Å². The van der Waals surface area contributed by atoms with Gasteiger partial charge in [0.25, 0.3) is 0 Å². The topological polar surface area (TPSA) is 12.5 Å². The predicted octanol–water partition coefficient (Wildman–Crippen LogP) is 3.41. The molecule has 0 saturated heterocycles. The molecule has 1 unspecified atom stereocenters. The Labute approximate surface area is 111 Å². The molecule has 1 aliphatic rings. The molecule has 0 amide bonds. The smallest absolute Gasteiger partial charge is 0.370 e. The highest BCUT2D eigenvalue weighted by atomic mass is 19.4. The first-order chi connectivity index (χ1) is 8.97. The molecule has 0 bridgehead atoms. The standard InChI is InChI=1S/C14H18F3NO/c1-11-6-7-12-4-2-3-5-13(12)18(11)8-9-19-10-14(15,16)17/h2-5,11H,6-10H2,1H3. The van der Waals surface area contributed by atoms with Gasteiger partial charge in [0.2, 0.25) is 0 Å². The van der Waals surface area contributed by atoms with E-state index in [1.54, 1.807) is 0 Å². The van der Waals surface area contributed by atoms with Gasteiger partial charge < -0.3 is 9.64 Å². The molecule has 0 N–H and O–H groups in total. The molecule has 0 saturated carbocycles. The Hall–Kier alpha value is -1.23. The largest absolute Gasteiger partial charge is 0.411 e. The molecule has 1 aromatic carbocycles. The van der Waals surface area contributed by atoms with E-state index in [0.29, 0.717) is 12.6 Å². The van der Waals surface area contributed by atoms with Gasteiger partial charge in [0, 0.05) is 18.3 Å². The number of rotatable bonds is 4. The molecule has 1 aromatic rings. The zero-order valence-corrected chi connectivity index (χ0v) is 10.9. The number of fused-ring (bicyclic) bond motifs is 1. The number of halogens is 3. The van der Waals surface area contributed by atoms with Crippen LogP contribution in [0, 0.1) is 0 Å². The van der Waals surface area contributed by atoms with Gasteiger partial charge in [-0.25, -0.2) is 0 Å². The van der Waals surface area contributed by atoms with E-state index in [-0.39, 0.29) is 6.61 Å². The van der Waals surface area contributed by atoms with E-state index in [9.17, 15) is 13.2 Å². The SMILES string of the molecule is CC1CCc2ccccc2N1CCOCC(F)(F)F. The third-order valence-electron chi connectivity index (χ3n) is 3.41. The van der Waals surface area contributed by atoms with E-state index in [4.69, 9.17) is 4.74 Å². The zero-order valence-electron chi connectivity index (χ0n) is 10.9. The van der Waals surface area contributed by atoms with Crippen LogP contribution in [0.25, 0.3) is 0 Å². The van der Waals surface area contributed by atoms with E-state index in [1.165, 1.54) is 5.56 Å². The van der Waals surface area contributed by atoms with E-state index in [0.717, 1.165) is 18.5 Å². The molecule has 1 heterocycles. The molecule has 0 aliphatic carbocycles. The predicted molar refractivity (Wildman–Crippen MR) is 68.4 cm³/mol. The summed E-state index contributed by atoms with van der Waals surface area (Å²) in [5.41, 5.74) is 2.38. The molecule has 19 heavy (non-hydrogen) atoms. The highest BCUT2D eigenvalue weighted by Crippen LogP contribution is 2.30. The number of alkyl halides is 3. The van der Waals surface area contributed by atoms with Crippen LogP contribution in [0.1, 0.15) is 18.9 Å². The van der Waals surface area contributed by atoms with Crippen LogP contribution in [0.3, 0.4) is 0 Å². The van der Waals surface area contributed by atoms with Gasteiger partial charge >= 0.3 is 6.18 Å². The van der Waals surface area contributed by atoms with Gasteiger partial charge in [-0.2, -0.15) is 13.2 Å². The summed E-state index contributed by atoms with van der Waals surface area (Å²) in [6, 6.07) is 8.39. The van der Waals surface area contributed by atoms with Crippen molar-refractivity contribution in [3.63, 3.8) is 0 Å². The highest BCUT2D eigenvalue weighted by Gasteiger charge is 2.28. The van der Waals surface area contributed by atoms with E-state index in [2.05, 4.69) is 17.9 Å². The van der Waals surface area contributed by atoms with E-state index >= 15 is 0 Å². The fourth-order valence-electron chi connectivity index (χ4n) is 2.45. The van der Waals surface area contributed by atoms with Gasteiger partial charge in [0.1, 0.15) is 6.61 Å². The summed E-state index contributed by atoms with van der Waals surface area (Å²) in [4.78, 5) is 2.13. The fraction of sp³-hybridized carbons (Fsp3) is 0.571. The van der Waals surface area contributed by atoms with Crippen molar-refractivity contribution in [1.82, 2.24) is 0 Å². The highest BCUT2D eigenvalue weighted by molar-refractivity contribution is 5.56. The quantitative estimate of drug-likeness (QED) is 0.779. The van der Waals surface area contributed by atoms with Crippen LogP contribution in [-0.4, -0.2) is 32.0 Å². The van der Waals surface area contributed by atoms with Crippen molar-refractivity contribution in [3.05, 3.63) is 29.8 Å². The second-order valence-corrected chi connectivity index (χ2v) is 4.88. The Balaban J connectivity index is 1.92. The lowest BCUT2D eigenvalue weighted by Gasteiger charge is -2.37. The lowest BCUT2D eigenvalue weighted by molar-refractivity contribution is -0.173. The van der Waals surface area contributed by atoms with Crippen molar-refractivity contribution in [1.29, 1.82) is 0 Å². The third-order valence-corrected chi connectivity index (χ3v) is 3.41. The summed E-state index contributed by atoms with van der Waals surface area (Å²) < 4.78 is 40.7. The number of para-hydroxylation sites is 1. The van der Waals surface area contributed by atoms with Crippen LogP contribution in [0.5, 0.6) is 0 Å². The first kappa shape index (κ1) is 14.2. The lowest BCUT2D eigenvalue weighted by Crippen LogP contribution is -2.39. The summed E-state index contributed by atoms with van der Waals surface area (Å²) >= 11 is 0. The Bertz CT molecular complexity index is 419. The minimum absolute atomic E-state index is 0.0954. The second kappa shape index (κ2) is 5.82. The number of nitrogens with zero attached hydrogens (tertiary/aromatic N) is 1. The number of ether oxygens (including phenoxy) is 1. The van der Waals surface area contributed by atoms with Crippen molar-refractivity contribution >= 4 is 5.69 Å². The van der Waals surface area contributed by atoms with E-state index in [1.807, 2.05) is 18.2 Å². The van der Waals surface area contributed by atoms with Gasteiger partial charge in [-0.15, -0.1) is 0 Å². The average molecular weight is 273 g/mol. The molecular weight excluding hydrogens is 255 g/mol. The number of benzene rings is 1. The van der Waals surface area contributed by atoms with Crippen LogP contribution >= 0.6 is 0 Å². The molecule has 1 atom stereocenters. The van der Waals surface area contributed by atoms with Crippen LogP contribution < -0.4 is 4.90 Å². The zero-order chi connectivity index (χ0) is 13.9.